The molecule has 0 unspecified atom stereocenters. The number of aryl methyl sites for hydroxylation is 1. The van der Waals surface area contributed by atoms with Crippen LogP contribution in [0.4, 0.5) is 0 Å². The Labute approximate surface area is 127 Å². The average molecular weight is 314 g/mol. The van der Waals surface area contributed by atoms with E-state index in [1.165, 1.54) is 10.8 Å². The summed E-state index contributed by atoms with van der Waals surface area (Å²) in [5, 5.41) is 19.8. The number of aromatic nitrogens is 2. The molecule has 3 atom stereocenters. The summed E-state index contributed by atoms with van der Waals surface area (Å²) >= 11 is 0. The largest absolute Gasteiger partial charge is 0.391 e. The molecule has 22 heavy (non-hydrogen) atoms. The molecule has 1 fully saturated rings. The number of ether oxygens (including phenoxy) is 2. The number of unbranched alkanes of at least 4 members (excludes halogenated alkanes) is 1. The molecule has 3 N–H and O–H groups in total. The maximum Gasteiger partial charge on any atom is 0.330 e. The number of aliphatic hydroxyl groups is 2. The van der Waals surface area contributed by atoms with Crippen molar-refractivity contribution in [3.05, 3.63) is 32.6 Å². The van der Waals surface area contributed by atoms with Gasteiger partial charge in [0.1, 0.15) is 12.3 Å². The van der Waals surface area contributed by atoms with Crippen LogP contribution in [0.5, 0.6) is 0 Å². The van der Waals surface area contributed by atoms with Crippen molar-refractivity contribution >= 4 is 0 Å². The predicted octanol–water partition coefficient (Wildman–Crippen LogP) is -0.370. The molecule has 1 aliphatic rings. The van der Waals surface area contributed by atoms with E-state index in [-0.39, 0.29) is 6.42 Å². The normalized spacial score (nSPS) is 28.2. The number of rotatable bonds is 6. The maximum atomic E-state index is 11.9. The minimum atomic E-state index is -1.54. The fourth-order valence-electron chi connectivity index (χ4n) is 2.41. The molecular formula is C14H22N2O6. The van der Waals surface area contributed by atoms with Crippen molar-refractivity contribution < 1.29 is 19.7 Å². The molecule has 1 aliphatic heterocycles. The second kappa shape index (κ2) is 6.74. The van der Waals surface area contributed by atoms with Crippen LogP contribution >= 0.6 is 0 Å². The Morgan fingerprint density at radius 2 is 2.27 bits per heavy atom. The lowest BCUT2D eigenvalue weighted by Gasteiger charge is -2.30. The quantitative estimate of drug-likeness (QED) is 0.617. The predicted molar refractivity (Wildman–Crippen MR) is 77.5 cm³/mol. The third kappa shape index (κ3) is 3.14. The Hall–Kier alpha value is -1.48. The maximum absolute atomic E-state index is 11.9. The summed E-state index contributed by atoms with van der Waals surface area (Å²) in [6.45, 7) is 3.37. The molecule has 0 bridgehead atoms. The lowest BCUT2D eigenvalue weighted by molar-refractivity contribution is -0.282. The number of nitrogens with zero attached hydrogens (tertiary/aromatic N) is 1. The van der Waals surface area contributed by atoms with Gasteiger partial charge in [0.2, 0.25) is 5.79 Å². The standard InChI is InChI=1S/C14H22N2O6/c1-3-4-5-21-14(8-17)10(18)6-11(22-14)16-7-9(2)12(19)15-13(16)20/h7,10-11,17-18H,3-6,8H2,1-2H3,(H,15,19,20)/t10-,11+,14+/m0/s1. The Morgan fingerprint density at radius 1 is 1.55 bits per heavy atom. The van der Waals surface area contributed by atoms with Crippen molar-refractivity contribution in [2.45, 2.75) is 51.2 Å². The van der Waals surface area contributed by atoms with Crippen molar-refractivity contribution in [3.8, 4) is 0 Å². The van der Waals surface area contributed by atoms with E-state index in [9.17, 15) is 19.8 Å². The van der Waals surface area contributed by atoms with Gasteiger partial charge in [-0.25, -0.2) is 4.79 Å². The van der Waals surface area contributed by atoms with Crippen LogP contribution in [-0.4, -0.2) is 44.9 Å². The molecule has 1 aromatic heterocycles. The minimum Gasteiger partial charge on any atom is -0.391 e. The third-order valence-electron chi connectivity index (χ3n) is 3.79. The van der Waals surface area contributed by atoms with Crippen LogP contribution in [0.15, 0.2) is 15.8 Å². The van der Waals surface area contributed by atoms with Crippen molar-refractivity contribution in [3.63, 3.8) is 0 Å². The Morgan fingerprint density at radius 3 is 2.91 bits per heavy atom. The number of aliphatic hydroxyl groups excluding tert-OH is 2. The summed E-state index contributed by atoms with van der Waals surface area (Å²) in [6.07, 6.45) is 1.24. The zero-order chi connectivity index (χ0) is 16.3. The van der Waals surface area contributed by atoms with Crippen LogP contribution in [-0.2, 0) is 9.47 Å². The van der Waals surface area contributed by atoms with E-state index in [2.05, 4.69) is 4.98 Å². The monoisotopic (exact) mass is 314 g/mol. The van der Waals surface area contributed by atoms with Crippen molar-refractivity contribution in [2.75, 3.05) is 13.2 Å². The van der Waals surface area contributed by atoms with E-state index in [0.29, 0.717) is 12.2 Å². The first-order valence-electron chi connectivity index (χ1n) is 7.36. The first-order chi connectivity index (χ1) is 10.4. The van der Waals surface area contributed by atoms with Gasteiger partial charge < -0.3 is 19.7 Å². The fraction of sp³-hybridized carbons (Fsp3) is 0.714. The zero-order valence-electron chi connectivity index (χ0n) is 12.7. The van der Waals surface area contributed by atoms with Crippen molar-refractivity contribution in [1.82, 2.24) is 9.55 Å². The summed E-state index contributed by atoms with van der Waals surface area (Å²) in [4.78, 5) is 25.5. The van der Waals surface area contributed by atoms with Crippen LogP contribution in [0.3, 0.4) is 0 Å². The molecule has 8 nitrogen and oxygen atoms in total. The molecule has 1 aromatic rings. The average Bonchev–Trinajstić information content (AvgIpc) is 2.80. The molecule has 0 saturated carbocycles. The smallest absolute Gasteiger partial charge is 0.330 e. The molecule has 8 heteroatoms. The van der Waals surface area contributed by atoms with E-state index >= 15 is 0 Å². The number of aromatic amines is 1. The summed E-state index contributed by atoms with van der Waals surface area (Å²) in [7, 11) is 0. The van der Waals surface area contributed by atoms with Gasteiger partial charge in [0.05, 0.1) is 13.2 Å². The van der Waals surface area contributed by atoms with E-state index in [0.717, 1.165) is 12.8 Å². The van der Waals surface area contributed by atoms with Gasteiger partial charge in [-0.3, -0.25) is 14.3 Å². The van der Waals surface area contributed by atoms with E-state index in [1.807, 2.05) is 6.92 Å². The lowest BCUT2D eigenvalue weighted by Crippen LogP contribution is -2.46. The number of hydrogen-bond acceptors (Lipinski definition) is 6. The number of nitrogens with one attached hydrogen (secondary N) is 1. The van der Waals surface area contributed by atoms with Crippen LogP contribution in [0.25, 0.3) is 0 Å². The van der Waals surface area contributed by atoms with Gasteiger partial charge in [0.15, 0.2) is 0 Å². The third-order valence-corrected chi connectivity index (χ3v) is 3.79. The lowest BCUT2D eigenvalue weighted by atomic mass is 10.1. The van der Waals surface area contributed by atoms with E-state index in [4.69, 9.17) is 9.47 Å². The number of H-pyrrole nitrogens is 1. The van der Waals surface area contributed by atoms with Crippen LogP contribution in [0.2, 0.25) is 0 Å². The second-order valence-electron chi connectivity index (χ2n) is 5.47. The van der Waals surface area contributed by atoms with Crippen molar-refractivity contribution in [2.24, 2.45) is 0 Å². The van der Waals surface area contributed by atoms with Gasteiger partial charge in [0.25, 0.3) is 5.56 Å². The Bertz CT molecular complexity index is 624. The zero-order valence-corrected chi connectivity index (χ0v) is 12.7. The van der Waals surface area contributed by atoms with Gasteiger partial charge in [-0.15, -0.1) is 0 Å². The van der Waals surface area contributed by atoms with E-state index in [1.54, 1.807) is 6.92 Å². The summed E-state index contributed by atoms with van der Waals surface area (Å²) in [5.41, 5.74) is -0.742. The molecule has 2 rings (SSSR count). The van der Waals surface area contributed by atoms with Gasteiger partial charge in [-0.1, -0.05) is 13.3 Å². The second-order valence-corrected chi connectivity index (χ2v) is 5.47. The van der Waals surface area contributed by atoms with E-state index < -0.39 is 36.0 Å². The molecule has 0 spiro atoms. The summed E-state index contributed by atoms with van der Waals surface area (Å²) in [5.74, 6) is -1.54. The van der Waals surface area contributed by atoms with Gasteiger partial charge in [-0.2, -0.15) is 0 Å². The highest BCUT2D eigenvalue weighted by molar-refractivity contribution is 5.02. The van der Waals surface area contributed by atoms with Gasteiger partial charge in [0, 0.05) is 18.2 Å². The molecular weight excluding hydrogens is 292 g/mol. The highest BCUT2D eigenvalue weighted by atomic mass is 16.7. The fourth-order valence-corrected chi connectivity index (χ4v) is 2.41. The summed E-state index contributed by atoms with van der Waals surface area (Å²) < 4.78 is 12.4. The van der Waals surface area contributed by atoms with Crippen molar-refractivity contribution in [1.29, 1.82) is 0 Å². The SMILES string of the molecule is CCCCO[C@]1(CO)O[C@@H](n2cc(C)c(=O)[nH]c2=O)C[C@@H]1O. The molecule has 0 radical (unpaired) electrons. The molecule has 0 amide bonds. The summed E-state index contributed by atoms with van der Waals surface area (Å²) in [6, 6.07) is 0. The Balaban J connectivity index is 2.24. The number of hydrogen-bond donors (Lipinski definition) is 3. The Kier molecular flexibility index (Phi) is 5.17. The first-order valence-corrected chi connectivity index (χ1v) is 7.36. The van der Waals surface area contributed by atoms with Gasteiger partial charge in [-0.05, 0) is 13.3 Å². The van der Waals surface area contributed by atoms with Gasteiger partial charge >= 0.3 is 5.69 Å². The van der Waals surface area contributed by atoms with Crippen LogP contribution in [0, 0.1) is 6.92 Å². The molecule has 124 valence electrons. The minimum absolute atomic E-state index is 0.0814. The molecule has 0 aliphatic carbocycles. The topological polar surface area (TPSA) is 114 Å². The molecule has 2 heterocycles. The first kappa shape index (κ1) is 16.9. The molecule has 1 saturated heterocycles. The highest BCUT2D eigenvalue weighted by Gasteiger charge is 2.50. The highest BCUT2D eigenvalue weighted by Crippen LogP contribution is 2.37. The molecule has 0 aromatic carbocycles. The van der Waals surface area contributed by atoms with Crippen LogP contribution < -0.4 is 11.2 Å². The van der Waals surface area contributed by atoms with Crippen LogP contribution in [0.1, 0.15) is 38.0 Å².